The van der Waals surface area contributed by atoms with Crippen LogP contribution >= 0.6 is 0 Å². The van der Waals surface area contributed by atoms with Gasteiger partial charge in [-0.1, -0.05) is 18.2 Å². The monoisotopic (exact) mass is 485 g/mol. The van der Waals surface area contributed by atoms with Gasteiger partial charge in [-0.2, -0.15) is 18.3 Å². The lowest BCUT2D eigenvalue weighted by molar-refractivity contribution is -0.162. The fraction of sp³-hybridized carbons (Fsp3) is 0.423. The number of ether oxygens (including phenoxy) is 1. The molecule has 2 aliphatic carbocycles. The zero-order valence-electron chi connectivity index (χ0n) is 19.3. The predicted molar refractivity (Wildman–Crippen MR) is 122 cm³/mol. The van der Waals surface area contributed by atoms with Gasteiger partial charge in [0.25, 0.3) is 5.91 Å². The van der Waals surface area contributed by atoms with Crippen LogP contribution in [0, 0.1) is 11.3 Å². The summed E-state index contributed by atoms with van der Waals surface area (Å²) in [6.07, 6.45) is 2.56. The molecule has 0 saturated heterocycles. The molecule has 1 aromatic carbocycles. The number of carbonyl (C=O) groups is 2. The molecule has 9 heteroatoms. The van der Waals surface area contributed by atoms with E-state index < -0.39 is 11.7 Å². The van der Waals surface area contributed by atoms with Crippen LogP contribution in [0.3, 0.4) is 0 Å². The Morgan fingerprint density at radius 3 is 2.51 bits per heavy atom. The van der Waals surface area contributed by atoms with Gasteiger partial charge in [-0.15, -0.1) is 0 Å². The standard InChI is InChI=1S/C26H26F3N3O3/c1-2-35-24(34)18-11-25(12-18)13-20(14-25)31-23(33)21-15-30-32-9-3-4-17(22(21)32)10-16-5-7-19(8-6-16)26(27,28)29/h3-9,15,18,20H,2,10-14H2,1H3,(H,31,33). The minimum absolute atomic E-state index is 0.0287. The van der Waals surface area contributed by atoms with E-state index in [0.717, 1.165) is 43.4 Å². The summed E-state index contributed by atoms with van der Waals surface area (Å²) < 4.78 is 45.3. The first-order valence-electron chi connectivity index (χ1n) is 11.8. The molecule has 1 spiro atoms. The van der Waals surface area contributed by atoms with Crippen LogP contribution in [0.4, 0.5) is 13.2 Å². The van der Waals surface area contributed by atoms with Crippen molar-refractivity contribution in [3.05, 3.63) is 71.0 Å². The second kappa shape index (κ2) is 8.70. The van der Waals surface area contributed by atoms with Crippen molar-refractivity contribution in [2.24, 2.45) is 11.3 Å². The smallest absolute Gasteiger partial charge is 0.416 e. The van der Waals surface area contributed by atoms with Gasteiger partial charge >= 0.3 is 12.1 Å². The van der Waals surface area contributed by atoms with Gasteiger partial charge in [-0.25, -0.2) is 4.52 Å². The van der Waals surface area contributed by atoms with Crippen LogP contribution in [0.5, 0.6) is 0 Å². The Bertz CT molecular complexity index is 1250. The third-order valence-electron chi connectivity index (χ3n) is 7.22. The summed E-state index contributed by atoms with van der Waals surface area (Å²) in [5.41, 5.74) is 2.03. The summed E-state index contributed by atoms with van der Waals surface area (Å²) in [5.74, 6) is -0.377. The summed E-state index contributed by atoms with van der Waals surface area (Å²) in [7, 11) is 0. The third kappa shape index (κ3) is 4.51. The first kappa shape index (κ1) is 23.4. The Balaban J connectivity index is 1.25. The van der Waals surface area contributed by atoms with Crippen LogP contribution in [0.15, 0.2) is 48.8 Å². The molecule has 6 nitrogen and oxygen atoms in total. The van der Waals surface area contributed by atoms with E-state index in [1.807, 2.05) is 6.07 Å². The Morgan fingerprint density at radius 1 is 1.14 bits per heavy atom. The Morgan fingerprint density at radius 2 is 1.86 bits per heavy atom. The Labute approximate surface area is 200 Å². The number of alkyl halides is 3. The normalized spacial score (nSPS) is 23.5. The van der Waals surface area contributed by atoms with Gasteiger partial charge in [0.05, 0.1) is 35.4 Å². The van der Waals surface area contributed by atoms with E-state index in [2.05, 4.69) is 10.4 Å². The maximum Gasteiger partial charge on any atom is 0.416 e. The number of rotatable bonds is 6. The number of nitrogens with one attached hydrogen (secondary N) is 1. The molecule has 0 unspecified atom stereocenters. The largest absolute Gasteiger partial charge is 0.466 e. The maximum atomic E-state index is 13.1. The lowest BCUT2D eigenvalue weighted by atomic mass is 9.50. The number of nitrogens with zero attached hydrogens (tertiary/aromatic N) is 2. The van der Waals surface area contributed by atoms with E-state index in [0.29, 0.717) is 29.7 Å². The third-order valence-corrected chi connectivity index (χ3v) is 7.22. The zero-order chi connectivity index (χ0) is 24.8. The molecular formula is C26H26F3N3O3. The lowest BCUT2D eigenvalue weighted by Crippen LogP contribution is -2.57. The summed E-state index contributed by atoms with van der Waals surface area (Å²) in [6.45, 7) is 2.19. The average Bonchev–Trinajstić information content (AvgIpc) is 3.19. The second-order valence-corrected chi connectivity index (χ2v) is 9.69. The van der Waals surface area contributed by atoms with Gasteiger partial charge in [0, 0.05) is 12.2 Å². The van der Waals surface area contributed by atoms with Gasteiger partial charge in [0.2, 0.25) is 0 Å². The van der Waals surface area contributed by atoms with Crippen molar-refractivity contribution in [2.45, 2.75) is 51.2 Å². The molecule has 2 aliphatic rings. The molecule has 1 amide bonds. The summed E-state index contributed by atoms with van der Waals surface area (Å²) in [5, 5.41) is 7.38. The van der Waals surface area contributed by atoms with Gasteiger partial charge in [0.1, 0.15) is 0 Å². The molecule has 0 aliphatic heterocycles. The number of hydrogen-bond donors (Lipinski definition) is 1. The fourth-order valence-corrected chi connectivity index (χ4v) is 5.55. The SMILES string of the molecule is CCOC(=O)C1CC2(CC(NC(=O)c3cnn4cccc(Cc5ccc(C(F)(F)F)cc5)c34)C2)C1. The molecule has 2 saturated carbocycles. The van der Waals surface area contributed by atoms with Crippen LogP contribution in [-0.4, -0.2) is 34.1 Å². The van der Waals surface area contributed by atoms with Gasteiger partial charge in [-0.3, -0.25) is 9.59 Å². The molecule has 2 heterocycles. The topological polar surface area (TPSA) is 72.7 Å². The summed E-state index contributed by atoms with van der Waals surface area (Å²) >= 11 is 0. The molecule has 2 fully saturated rings. The molecule has 0 bridgehead atoms. The molecule has 35 heavy (non-hydrogen) atoms. The Kier molecular flexibility index (Phi) is 5.81. The number of amides is 1. The molecule has 5 rings (SSSR count). The number of carbonyl (C=O) groups excluding carboxylic acids is 2. The number of esters is 1. The highest BCUT2D eigenvalue weighted by atomic mass is 19.4. The highest BCUT2D eigenvalue weighted by molar-refractivity contribution is 6.01. The van der Waals surface area contributed by atoms with Crippen molar-refractivity contribution in [3.8, 4) is 0 Å². The molecule has 2 aromatic heterocycles. The number of hydrogen-bond acceptors (Lipinski definition) is 4. The van der Waals surface area contributed by atoms with Crippen molar-refractivity contribution in [3.63, 3.8) is 0 Å². The predicted octanol–water partition coefficient (Wildman–Crippen LogP) is 4.80. The highest BCUT2D eigenvalue weighted by Gasteiger charge is 2.55. The minimum Gasteiger partial charge on any atom is -0.466 e. The zero-order valence-corrected chi connectivity index (χ0v) is 19.3. The van der Waals surface area contributed by atoms with Crippen molar-refractivity contribution < 1.29 is 27.5 Å². The Hall–Kier alpha value is -3.36. The van der Waals surface area contributed by atoms with Crippen LogP contribution in [0.1, 0.15) is 59.7 Å². The van der Waals surface area contributed by atoms with Crippen molar-refractivity contribution in [1.29, 1.82) is 0 Å². The molecule has 0 atom stereocenters. The van der Waals surface area contributed by atoms with Crippen molar-refractivity contribution in [1.82, 2.24) is 14.9 Å². The molecule has 184 valence electrons. The van der Waals surface area contributed by atoms with Crippen LogP contribution in [0.2, 0.25) is 0 Å². The number of aromatic nitrogens is 2. The van der Waals surface area contributed by atoms with E-state index in [9.17, 15) is 22.8 Å². The van der Waals surface area contributed by atoms with Gasteiger partial charge in [0.15, 0.2) is 0 Å². The first-order valence-corrected chi connectivity index (χ1v) is 11.8. The number of benzene rings is 1. The van der Waals surface area contributed by atoms with E-state index >= 15 is 0 Å². The molecule has 1 N–H and O–H groups in total. The van der Waals surface area contributed by atoms with Crippen molar-refractivity contribution >= 4 is 17.4 Å². The fourth-order valence-electron chi connectivity index (χ4n) is 5.55. The minimum atomic E-state index is -4.38. The molecular weight excluding hydrogens is 459 g/mol. The van der Waals surface area contributed by atoms with E-state index in [-0.39, 0.29) is 29.3 Å². The van der Waals surface area contributed by atoms with Crippen molar-refractivity contribution in [2.75, 3.05) is 6.61 Å². The van der Waals surface area contributed by atoms with Crippen LogP contribution in [0.25, 0.3) is 5.52 Å². The highest BCUT2D eigenvalue weighted by Crippen LogP contribution is 2.59. The molecule has 3 aromatic rings. The maximum absolute atomic E-state index is 13.1. The van der Waals surface area contributed by atoms with E-state index in [1.165, 1.54) is 18.3 Å². The number of halogens is 3. The number of pyridine rings is 1. The average molecular weight is 486 g/mol. The second-order valence-electron chi connectivity index (χ2n) is 9.69. The quantitative estimate of drug-likeness (QED) is 0.510. The van der Waals surface area contributed by atoms with Gasteiger partial charge in [-0.05, 0) is 73.8 Å². The number of fused-ring (bicyclic) bond motifs is 1. The first-order chi connectivity index (χ1) is 16.7. The molecule has 0 radical (unpaired) electrons. The van der Waals surface area contributed by atoms with Crippen LogP contribution < -0.4 is 5.32 Å². The van der Waals surface area contributed by atoms with E-state index in [1.54, 1.807) is 23.7 Å². The van der Waals surface area contributed by atoms with Gasteiger partial charge < -0.3 is 10.1 Å². The lowest BCUT2D eigenvalue weighted by Gasteiger charge is -2.56. The summed E-state index contributed by atoms with van der Waals surface area (Å²) in [6, 6.07) is 8.75. The van der Waals surface area contributed by atoms with Crippen LogP contribution in [-0.2, 0) is 22.1 Å². The summed E-state index contributed by atoms with van der Waals surface area (Å²) in [4.78, 5) is 25.0. The van der Waals surface area contributed by atoms with E-state index in [4.69, 9.17) is 4.74 Å².